The van der Waals surface area contributed by atoms with Crippen LogP contribution in [0.3, 0.4) is 0 Å². The van der Waals surface area contributed by atoms with Gasteiger partial charge in [-0.1, -0.05) is 0 Å². The van der Waals surface area contributed by atoms with E-state index in [1.165, 1.54) is 0 Å². The van der Waals surface area contributed by atoms with Crippen LogP contribution in [0.5, 0.6) is 0 Å². The molecule has 0 spiro atoms. The van der Waals surface area contributed by atoms with Gasteiger partial charge < -0.3 is 0 Å². The van der Waals surface area contributed by atoms with Gasteiger partial charge in [-0.15, -0.1) is 0 Å². The Bertz CT molecular complexity index is 84.7. The first-order chi connectivity index (χ1) is 3.20. The van der Waals surface area contributed by atoms with Crippen molar-refractivity contribution < 1.29 is 5.11 Å². The molecular weight excluding hydrogens is 445 g/mol. The summed E-state index contributed by atoms with van der Waals surface area (Å²) in [5.74, 6) is 0. The first kappa shape index (κ1) is 10.2. The first-order valence-electron chi connectivity index (χ1n) is 2.33. The fraction of sp³-hybridized carbons (Fsp3) is 1.00. The van der Waals surface area contributed by atoms with Gasteiger partial charge in [0.05, 0.1) is 0 Å². The van der Waals surface area contributed by atoms with Crippen molar-refractivity contribution in [2.24, 2.45) is 0 Å². The maximum atomic E-state index is 9.22. The zero-order chi connectivity index (χ0) is 7.02. The number of aliphatic hydroxyl groups excluding tert-OH is 1. The monoisotopic (exact) mass is 460 g/mol. The van der Waals surface area contributed by atoms with Crippen molar-refractivity contribution in [3.63, 3.8) is 0 Å². The predicted octanol–water partition coefficient (Wildman–Crippen LogP) is 2.16. The third-order valence-corrected chi connectivity index (χ3v) is 17.7. The van der Waals surface area contributed by atoms with E-state index in [0.29, 0.717) is 0 Å². The Morgan fingerprint density at radius 3 is 1.50 bits per heavy atom. The van der Waals surface area contributed by atoms with Gasteiger partial charge in [0.1, 0.15) is 0 Å². The number of halogens is 2. The van der Waals surface area contributed by atoms with Crippen molar-refractivity contribution in [1.82, 2.24) is 0 Å². The van der Waals surface area contributed by atoms with Crippen LogP contribution in [0.2, 0.25) is 9.94 Å². The van der Waals surface area contributed by atoms with Crippen LogP contribution >= 0.6 is 37.4 Å². The molecule has 0 saturated carbocycles. The Morgan fingerprint density at radius 2 is 1.50 bits per heavy atom. The van der Waals surface area contributed by atoms with Crippen molar-refractivity contribution >= 4 is 46.3 Å². The fourth-order valence-electron chi connectivity index (χ4n) is 0. The summed E-state index contributed by atoms with van der Waals surface area (Å²) in [7, 11) is -2.39. The molecule has 0 fully saturated rings. The minimum atomic E-state index is -2.39. The molecule has 0 aromatic heterocycles. The third kappa shape index (κ3) is 4.09. The number of aliphatic hydroxyl groups is 1. The molecule has 1 atom stereocenters. The first-order valence-corrected chi connectivity index (χ1v) is 23.8. The van der Waals surface area contributed by atoms with Crippen molar-refractivity contribution in [1.29, 1.82) is 0 Å². The van der Waals surface area contributed by atoms with E-state index >= 15 is 0 Å². The number of hydrogen-bond donors (Lipinski definition) is 1. The normalized spacial score (nSPS) is 21.5. The van der Waals surface area contributed by atoms with Crippen LogP contribution in [0.1, 0.15) is 6.92 Å². The van der Waals surface area contributed by atoms with E-state index in [1.807, 2.05) is 6.92 Å². The van der Waals surface area contributed by atoms with E-state index in [0.717, 1.165) is 0 Å². The molecule has 4 heteroatoms. The Morgan fingerprint density at radius 1 is 1.38 bits per heavy atom. The van der Waals surface area contributed by atoms with E-state index in [9.17, 15) is 5.11 Å². The second kappa shape index (κ2) is 2.68. The number of rotatable bonds is 1. The summed E-state index contributed by atoms with van der Waals surface area (Å²) in [4.78, 5) is 4.41. The van der Waals surface area contributed by atoms with Crippen LogP contribution in [-0.2, 0) is 0 Å². The molecule has 0 saturated heterocycles. The molecular formula is C4H12I2OTe. The molecule has 0 heterocycles. The Kier molecular flexibility index (Phi) is 3.42. The van der Waals surface area contributed by atoms with Gasteiger partial charge in [-0.05, 0) is 0 Å². The molecule has 0 aromatic rings. The Labute approximate surface area is 71.1 Å². The zero-order valence-electron chi connectivity index (χ0n) is 5.23. The maximum absolute atomic E-state index is 9.22. The summed E-state index contributed by atoms with van der Waals surface area (Å²) in [6.45, 7) is 1.89. The van der Waals surface area contributed by atoms with E-state index in [-0.39, 0.29) is 4.15 Å². The molecule has 1 unspecified atom stereocenters. The average Bonchev–Trinajstić information content (AvgIpc) is 1.27. The van der Waals surface area contributed by atoms with Crippen LogP contribution in [0.4, 0.5) is 0 Å². The SMILES string of the molecule is CC(O)[TeH](C)(C)(I)I. The molecule has 0 amide bonds. The van der Waals surface area contributed by atoms with Crippen molar-refractivity contribution in [3.05, 3.63) is 0 Å². The summed E-state index contributed by atoms with van der Waals surface area (Å²) in [5, 5.41) is 9.22. The molecule has 8 heavy (non-hydrogen) atoms. The van der Waals surface area contributed by atoms with Gasteiger partial charge in [-0.25, -0.2) is 0 Å². The van der Waals surface area contributed by atoms with E-state index in [4.69, 9.17) is 0 Å². The molecule has 0 aliphatic carbocycles. The second-order valence-corrected chi connectivity index (χ2v) is 67.7. The molecule has 0 aromatic carbocycles. The number of hydrogen-bond acceptors (Lipinski definition) is 1. The van der Waals surface area contributed by atoms with Crippen LogP contribution in [0.15, 0.2) is 0 Å². The van der Waals surface area contributed by atoms with Crippen LogP contribution in [-0.4, -0.2) is 18.2 Å². The van der Waals surface area contributed by atoms with Gasteiger partial charge in [-0.2, -0.15) is 0 Å². The molecule has 0 bridgehead atoms. The Balaban J connectivity index is 4.14. The van der Waals surface area contributed by atoms with Gasteiger partial charge in [0, 0.05) is 0 Å². The molecule has 0 aliphatic heterocycles. The summed E-state index contributed by atoms with van der Waals surface area (Å²) in [6, 6.07) is 0. The van der Waals surface area contributed by atoms with Gasteiger partial charge >= 0.3 is 72.4 Å². The summed E-state index contributed by atoms with van der Waals surface area (Å²) < 4.78 is -0.0796. The van der Waals surface area contributed by atoms with E-state index in [1.54, 1.807) is 0 Å². The average molecular weight is 458 g/mol. The molecule has 54 valence electrons. The van der Waals surface area contributed by atoms with Crippen LogP contribution in [0.25, 0.3) is 0 Å². The molecule has 0 radical (unpaired) electrons. The summed E-state index contributed by atoms with van der Waals surface area (Å²) in [6.07, 6.45) is 0. The molecule has 1 nitrogen and oxygen atoms in total. The summed E-state index contributed by atoms with van der Waals surface area (Å²) >= 11 is 4.88. The molecule has 0 rings (SSSR count). The van der Waals surface area contributed by atoms with Crippen molar-refractivity contribution in [2.45, 2.75) is 21.0 Å². The van der Waals surface area contributed by atoms with E-state index in [2.05, 4.69) is 47.3 Å². The molecule has 0 aliphatic rings. The van der Waals surface area contributed by atoms with Gasteiger partial charge in [0.15, 0.2) is 0 Å². The van der Waals surface area contributed by atoms with Crippen LogP contribution < -0.4 is 0 Å². The quantitative estimate of drug-likeness (QED) is 0.473. The van der Waals surface area contributed by atoms with Gasteiger partial charge in [0.2, 0.25) is 0 Å². The fourth-order valence-corrected chi connectivity index (χ4v) is 0. The molecule has 1 N–H and O–H groups in total. The predicted molar refractivity (Wildman–Crippen MR) is 58.6 cm³/mol. The van der Waals surface area contributed by atoms with E-state index < -0.39 is 8.92 Å². The minimum absolute atomic E-state index is 0.0796. The second-order valence-electron chi connectivity index (χ2n) is 2.53. The standard InChI is InChI=1S/C4H12I2OTe/c1-4(7)8(2,3,5)6/h4,7-8H,1-3H3. The third-order valence-electron chi connectivity index (χ3n) is 1.03. The summed E-state index contributed by atoms with van der Waals surface area (Å²) in [5.41, 5.74) is 0. The topological polar surface area (TPSA) is 20.2 Å². The van der Waals surface area contributed by atoms with Crippen molar-refractivity contribution in [3.8, 4) is 0 Å². The van der Waals surface area contributed by atoms with Gasteiger partial charge in [0.25, 0.3) is 0 Å². The van der Waals surface area contributed by atoms with Crippen molar-refractivity contribution in [2.75, 3.05) is 0 Å². The zero-order valence-corrected chi connectivity index (χ0v) is 12.1. The Hall–Kier alpha value is 2.21. The van der Waals surface area contributed by atoms with Gasteiger partial charge in [-0.3, -0.25) is 0 Å². The van der Waals surface area contributed by atoms with Crippen LogP contribution in [0, 0.1) is 0 Å².